The molecule has 59 heavy (non-hydrogen) atoms. The van der Waals surface area contributed by atoms with Crippen LogP contribution < -0.4 is 20.7 Å². The van der Waals surface area contributed by atoms with Gasteiger partial charge in [0.2, 0.25) is 23.3 Å². The Morgan fingerprint density at radius 3 is 2.25 bits per heavy atom. The van der Waals surface area contributed by atoms with Crippen molar-refractivity contribution in [3.8, 4) is 5.75 Å². The molecule has 1 saturated heterocycles. The molecule has 6 N–H and O–H groups in total. The van der Waals surface area contributed by atoms with Gasteiger partial charge in [-0.2, -0.15) is 0 Å². The Kier molecular flexibility index (Phi) is 18.2. The lowest BCUT2D eigenvalue weighted by Gasteiger charge is -2.39. The molecule has 0 aliphatic carbocycles. The van der Waals surface area contributed by atoms with E-state index in [0.717, 1.165) is 9.94 Å². The molecule has 1 fully saturated rings. The molecule has 1 aromatic rings. The van der Waals surface area contributed by atoms with Crippen LogP contribution in [0.3, 0.4) is 0 Å². The number of nitrogens with one attached hydrogen (secondary N) is 3. The Morgan fingerprint density at radius 1 is 1.05 bits per heavy atom. The molecule has 1 aromatic carbocycles. The lowest BCUT2D eigenvalue weighted by molar-refractivity contribution is -0.164. The summed E-state index contributed by atoms with van der Waals surface area (Å²) in [4.78, 5) is 75.4. The summed E-state index contributed by atoms with van der Waals surface area (Å²) < 4.78 is 5.29. The van der Waals surface area contributed by atoms with Crippen molar-refractivity contribution in [2.24, 2.45) is 28.2 Å². The number of hydrogen-bond acceptors (Lipinski definition) is 11. The number of aliphatic hydroxyl groups excluding tert-OH is 2. The van der Waals surface area contributed by atoms with Gasteiger partial charge in [-0.25, -0.2) is 4.79 Å². The van der Waals surface area contributed by atoms with Crippen LogP contribution in [0.4, 0.5) is 0 Å². The molecule has 10 atom stereocenters. The smallest absolute Gasteiger partial charge is 0.337 e. The zero-order chi connectivity index (χ0) is 44.4. The summed E-state index contributed by atoms with van der Waals surface area (Å²) >= 11 is 1.51. The van der Waals surface area contributed by atoms with Crippen LogP contribution in [-0.2, 0) is 30.4 Å². The Labute approximate surface area is 354 Å². The molecule has 2 heterocycles. The maximum atomic E-state index is 14.9. The molecule has 330 valence electrons. The van der Waals surface area contributed by atoms with Gasteiger partial charge in [-0.15, -0.1) is 11.8 Å². The van der Waals surface area contributed by atoms with Crippen molar-refractivity contribution in [1.82, 2.24) is 20.9 Å². The second-order valence-electron chi connectivity index (χ2n) is 17.6. The number of nitrogens with zero attached hydrogens (tertiary/aromatic N) is 2. The van der Waals surface area contributed by atoms with Crippen molar-refractivity contribution in [3.05, 3.63) is 41.5 Å². The average Bonchev–Trinajstić information content (AvgIpc) is 3.86. The van der Waals surface area contributed by atoms with E-state index < -0.39 is 65.3 Å². The number of methoxy groups -OCH3 is 1. The van der Waals surface area contributed by atoms with Crippen LogP contribution in [0.1, 0.15) is 100.0 Å². The number of thioether (sulfide) groups is 1. The lowest BCUT2D eigenvalue weighted by Crippen LogP contribution is -2.67. The van der Waals surface area contributed by atoms with E-state index in [1.54, 1.807) is 58.2 Å². The second kappa shape index (κ2) is 21.6. The molecular formula is C44H69N5O9S. The summed E-state index contributed by atoms with van der Waals surface area (Å²) in [6.45, 7) is 16.8. The summed E-state index contributed by atoms with van der Waals surface area (Å²) in [5, 5.41) is 41.7. The second-order valence-corrected chi connectivity index (χ2v) is 18.6. The van der Waals surface area contributed by atoms with E-state index in [2.05, 4.69) is 16.0 Å². The van der Waals surface area contributed by atoms with Crippen molar-refractivity contribution < 1.29 is 44.0 Å². The predicted octanol–water partition coefficient (Wildman–Crippen LogP) is 4.16. The zero-order valence-corrected chi connectivity index (χ0v) is 37.7. The summed E-state index contributed by atoms with van der Waals surface area (Å²) in [6, 6.07) is 3.42. The molecule has 1 unspecified atom stereocenters. The van der Waals surface area contributed by atoms with Crippen molar-refractivity contribution in [1.29, 1.82) is 0 Å². The highest BCUT2D eigenvalue weighted by Crippen LogP contribution is 2.35. The minimum atomic E-state index is -2.30. The Balaban J connectivity index is 1.91. The van der Waals surface area contributed by atoms with E-state index in [-0.39, 0.29) is 60.6 Å². The van der Waals surface area contributed by atoms with Gasteiger partial charge >= 0.3 is 5.97 Å². The Hall–Kier alpha value is -3.79. The van der Waals surface area contributed by atoms with Gasteiger partial charge in [-0.05, 0) is 87.9 Å². The van der Waals surface area contributed by atoms with Gasteiger partial charge in [-0.1, -0.05) is 73.1 Å². The third-order valence-corrected chi connectivity index (χ3v) is 13.2. The number of amides is 3. The standard InChI is InChI=1S/C44H69N5O9S/c1-12-26(3)36(48-39(54)29(6)45-10)41(55)49-19-13-18-44(49,42(56)57)37(52)33(23-30-14-16-32(58-11)17-15-30)47-38(53)27(4)22-31-24-59-40(46-31)28(5)34(50)20-25(2)21-35(51)43(7,8)9/h14-17,22,25-26,28-29,31,33-36,45,50-51H,12-13,18-21,23-24H2,1-11H3,(H,47,53)(H,48,54)(H,56,57)/b27-22+/t25-,26-,28-,29-,31?,33-,34-,35-,36-,44+/m0/s1. The number of aliphatic carboxylic acids is 1. The molecule has 15 heteroatoms. The number of rotatable bonds is 21. The number of carbonyl (C=O) groups is 5. The quantitative estimate of drug-likeness (QED) is 0.0766. The number of ether oxygens (including phenoxy) is 1. The van der Waals surface area contributed by atoms with Crippen molar-refractivity contribution in [2.45, 2.75) is 143 Å². The number of likely N-dealkylation sites (N-methyl/N-ethyl adjacent to an activating group) is 1. The molecule has 2 aliphatic rings. The van der Waals surface area contributed by atoms with Gasteiger partial charge in [0.1, 0.15) is 11.8 Å². The topological polar surface area (TPSA) is 207 Å². The van der Waals surface area contributed by atoms with Crippen molar-refractivity contribution >= 4 is 46.3 Å². The first-order chi connectivity index (χ1) is 27.6. The fourth-order valence-corrected chi connectivity index (χ4v) is 8.59. The molecule has 14 nitrogen and oxygen atoms in total. The number of likely N-dealkylation sites (tertiary alicyclic amines) is 1. The number of aliphatic imine (C=N–C) groups is 1. The highest BCUT2D eigenvalue weighted by atomic mass is 32.2. The van der Waals surface area contributed by atoms with E-state index in [1.807, 2.05) is 41.5 Å². The molecule has 0 saturated carbocycles. The van der Waals surface area contributed by atoms with Gasteiger partial charge < -0.3 is 40.9 Å². The van der Waals surface area contributed by atoms with Crippen molar-refractivity contribution in [2.75, 3.05) is 26.5 Å². The lowest BCUT2D eigenvalue weighted by atomic mass is 9.82. The zero-order valence-electron chi connectivity index (χ0n) is 36.8. The van der Waals surface area contributed by atoms with Gasteiger partial charge in [0, 0.05) is 23.8 Å². The van der Waals surface area contributed by atoms with Gasteiger partial charge in [0.25, 0.3) is 0 Å². The molecular weight excluding hydrogens is 775 g/mol. The number of carbonyl (C=O) groups excluding carboxylic acids is 4. The molecule has 2 aliphatic heterocycles. The number of Topliss-reactive ketones (excluding diaryl/α,β-unsaturated/α-hetero) is 1. The normalized spacial score (nSPS) is 22.6. The van der Waals surface area contributed by atoms with Gasteiger partial charge in [0.15, 0.2) is 5.78 Å². The maximum absolute atomic E-state index is 14.9. The summed E-state index contributed by atoms with van der Waals surface area (Å²) in [5.74, 6) is -3.46. The third kappa shape index (κ3) is 12.6. The number of hydrogen-bond donors (Lipinski definition) is 6. The number of ketones is 1. The van der Waals surface area contributed by atoms with E-state index in [1.165, 1.54) is 18.9 Å². The minimum Gasteiger partial charge on any atom is -0.497 e. The largest absolute Gasteiger partial charge is 0.497 e. The van der Waals surface area contributed by atoms with Crippen LogP contribution in [0.5, 0.6) is 5.75 Å². The Bertz CT molecular complexity index is 1700. The van der Waals surface area contributed by atoms with E-state index >= 15 is 0 Å². The molecule has 3 amide bonds. The SMILES string of the molecule is CC[C@H](C)[C@H](NC(=O)[C@H](C)NC)C(=O)N1CCC[C@]1(C(=O)O)C(=O)[C@H](Cc1ccc(OC)cc1)NC(=O)/C(C)=C/C1CSC([C@@H](C)[C@@H](O)C[C@H](C)C[C@H](O)C(C)(C)C)=N1. The van der Waals surface area contributed by atoms with Crippen LogP contribution in [0.15, 0.2) is 40.9 Å². The molecule has 0 aromatic heterocycles. The summed E-state index contributed by atoms with van der Waals surface area (Å²) in [5.41, 5.74) is -1.65. The summed E-state index contributed by atoms with van der Waals surface area (Å²) in [7, 11) is 3.13. The van der Waals surface area contributed by atoms with Crippen molar-refractivity contribution in [3.63, 3.8) is 0 Å². The van der Waals surface area contributed by atoms with Crippen LogP contribution in [0, 0.1) is 23.2 Å². The molecule has 3 rings (SSSR count). The van der Waals surface area contributed by atoms with Gasteiger partial charge in [-0.3, -0.25) is 24.2 Å². The average molecular weight is 844 g/mol. The predicted molar refractivity (Wildman–Crippen MR) is 231 cm³/mol. The van der Waals surface area contributed by atoms with Crippen LogP contribution in [0.25, 0.3) is 0 Å². The van der Waals surface area contributed by atoms with Crippen LogP contribution in [-0.4, -0.2) is 123 Å². The number of benzene rings is 1. The van der Waals surface area contributed by atoms with E-state index in [0.29, 0.717) is 36.3 Å². The maximum Gasteiger partial charge on any atom is 0.337 e. The monoisotopic (exact) mass is 843 g/mol. The number of carboxylic acids is 1. The van der Waals surface area contributed by atoms with E-state index in [4.69, 9.17) is 9.73 Å². The fraction of sp³-hybridized carbons (Fsp3) is 0.682. The minimum absolute atomic E-state index is 0.0199. The Morgan fingerprint density at radius 2 is 1.69 bits per heavy atom. The summed E-state index contributed by atoms with van der Waals surface area (Å²) in [6.07, 6.45) is 2.12. The van der Waals surface area contributed by atoms with Gasteiger partial charge in [0.05, 0.1) is 42.5 Å². The fourth-order valence-electron chi connectivity index (χ4n) is 7.45. The number of carboxylic acid groups (broad SMARTS) is 1. The third-order valence-electron chi connectivity index (χ3n) is 12.0. The van der Waals surface area contributed by atoms with Crippen LogP contribution in [0.2, 0.25) is 0 Å². The molecule has 0 radical (unpaired) electrons. The molecule has 0 bridgehead atoms. The first kappa shape index (κ1) is 49.6. The highest BCUT2D eigenvalue weighted by molar-refractivity contribution is 8.14. The molecule has 0 spiro atoms. The van der Waals surface area contributed by atoms with E-state index in [9.17, 15) is 39.3 Å². The van der Waals surface area contributed by atoms with Crippen LogP contribution >= 0.6 is 11.8 Å². The highest BCUT2D eigenvalue weighted by Gasteiger charge is 2.58. The first-order valence-electron chi connectivity index (χ1n) is 20.9. The first-order valence-corrected chi connectivity index (χ1v) is 21.8. The number of aliphatic hydroxyl groups is 2.